The fourth-order valence-electron chi connectivity index (χ4n) is 3.63. The molecule has 3 heterocycles. The lowest BCUT2D eigenvalue weighted by molar-refractivity contribution is 0.212. The van der Waals surface area contributed by atoms with Gasteiger partial charge in [0.05, 0.1) is 24.5 Å². The van der Waals surface area contributed by atoms with Crippen molar-refractivity contribution >= 4 is 23.1 Å². The van der Waals surface area contributed by atoms with Gasteiger partial charge in [-0.25, -0.2) is 4.98 Å². The number of rotatable bonds is 6. The van der Waals surface area contributed by atoms with Crippen LogP contribution in [0.1, 0.15) is 25.8 Å². The predicted octanol–water partition coefficient (Wildman–Crippen LogP) is 2.91. The first-order valence-electron chi connectivity index (χ1n) is 10.2. The number of nitrogens with one attached hydrogen (secondary N) is 1. The van der Waals surface area contributed by atoms with E-state index >= 15 is 0 Å². The molecule has 0 unspecified atom stereocenters. The van der Waals surface area contributed by atoms with Crippen LogP contribution in [0.5, 0.6) is 5.75 Å². The van der Waals surface area contributed by atoms with E-state index in [0.29, 0.717) is 30.0 Å². The van der Waals surface area contributed by atoms with Gasteiger partial charge >= 0.3 is 0 Å². The Balaban J connectivity index is 1.54. The van der Waals surface area contributed by atoms with Crippen LogP contribution in [0.15, 0.2) is 36.7 Å². The molecule has 0 bridgehead atoms. The molecule has 2 aromatic heterocycles. The first-order chi connectivity index (χ1) is 14.5. The molecule has 9 heteroatoms. The van der Waals surface area contributed by atoms with Crippen molar-refractivity contribution < 1.29 is 4.74 Å². The molecule has 0 radical (unpaired) electrons. The molecule has 1 aromatic carbocycles. The van der Waals surface area contributed by atoms with E-state index in [-0.39, 0.29) is 5.82 Å². The van der Waals surface area contributed by atoms with Crippen LogP contribution in [0.25, 0.3) is 11.3 Å². The number of likely N-dealkylation sites (tertiary alicyclic amines) is 1. The fraction of sp³-hybridized carbons (Fsp3) is 0.381. The first kappa shape index (κ1) is 20.0. The second-order valence-electron chi connectivity index (χ2n) is 7.52. The van der Waals surface area contributed by atoms with E-state index in [2.05, 4.69) is 32.3 Å². The normalized spacial score (nSPS) is 15.3. The van der Waals surface area contributed by atoms with Gasteiger partial charge in [0.2, 0.25) is 5.95 Å². The van der Waals surface area contributed by atoms with Gasteiger partial charge in [0.25, 0.3) is 0 Å². The third-order valence-electron chi connectivity index (χ3n) is 5.33. The highest BCUT2D eigenvalue weighted by Crippen LogP contribution is 2.31. The number of nitrogens with two attached hydrogens (primary N) is 2. The lowest BCUT2D eigenvalue weighted by atomic mass is 10.1. The maximum absolute atomic E-state index is 6.16. The predicted molar refractivity (Wildman–Crippen MR) is 119 cm³/mol. The molecule has 0 atom stereocenters. The summed E-state index contributed by atoms with van der Waals surface area (Å²) in [6, 6.07) is 7.99. The molecule has 4 rings (SSSR count). The number of benzene rings is 1. The zero-order valence-electron chi connectivity index (χ0n) is 17.4. The van der Waals surface area contributed by atoms with Gasteiger partial charge in [0.15, 0.2) is 5.82 Å². The Morgan fingerprint density at radius 1 is 1.13 bits per heavy atom. The van der Waals surface area contributed by atoms with E-state index in [1.54, 1.807) is 6.20 Å². The number of nitrogen functional groups attached to an aromatic ring is 2. The number of hydrogen-bond acceptors (Lipinski definition) is 8. The molecule has 0 saturated carbocycles. The van der Waals surface area contributed by atoms with Crippen LogP contribution in [-0.2, 0) is 0 Å². The standard InChI is InChI=1S/C21H28N8O/c1-3-30-17-6-4-14(5-7-17)19-18(22)20(23)27-21(26-19)25-15-12-24-29(13-15)16-8-10-28(2)11-9-16/h4-7,12-13,16H,3,8-11,22H2,1-2H3,(H3,23,25,26,27). The van der Waals surface area contributed by atoms with Gasteiger partial charge in [-0.3, -0.25) is 4.68 Å². The molecule has 9 nitrogen and oxygen atoms in total. The van der Waals surface area contributed by atoms with Crippen molar-refractivity contribution in [3.8, 4) is 17.0 Å². The lowest BCUT2D eigenvalue weighted by Gasteiger charge is -2.28. The molecule has 0 aliphatic carbocycles. The first-order valence-corrected chi connectivity index (χ1v) is 10.2. The molecule has 3 aromatic rings. The molecule has 30 heavy (non-hydrogen) atoms. The summed E-state index contributed by atoms with van der Waals surface area (Å²) in [5, 5.41) is 7.72. The zero-order chi connectivity index (χ0) is 21.1. The fourth-order valence-corrected chi connectivity index (χ4v) is 3.63. The van der Waals surface area contributed by atoms with Gasteiger partial charge in [-0.2, -0.15) is 10.1 Å². The van der Waals surface area contributed by atoms with Crippen LogP contribution >= 0.6 is 0 Å². The highest BCUT2D eigenvalue weighted by molar-refractivity contribution is 5.81. The molecule has 1 fully saturated rings. The van der Waals surface area contributed by atoms with E-state index in [4.69, 9.17) is 16.2 Å². The van der Waals surface area contributed by atoms with Crippen molar-refractivity contribution in [3.63, 3.8) is 0 Å². The number of piperidine rings is 1. The van der Waals surface area contributed by atoms with E-state index < -0.39 is 0 Å². The maximum atomic E-state index is 6.16. The zero-order valence-corrected chi connectivity index (χ0v) is 17.4. The second-order valence-corrected chi connectivity index (χ2v) is 7.52. The van der Waals surface area contributed by atoms with E-state index in [1.165, 1.54) is 0 Å². The van der Waals surface area contributed by atoms with Crippen LogP contribution in [0.4, 0.5) is 23.1 Å². The summed E-state index contributed by atoms with van der Waals surface area (Å²) in [7, 11) is 2.15. The topological polar surface area (TPSA) is 120 Å². The largest absolute Gasteiger partial charge is 0.494 e. The van der Waals surface area contributed by atoms with E-state index in [9.17, 15) is 0 Å². The van der Waals surface area contributed by atoms with Gasteiger partial charge in [-0.05, 0) is 64.2 Å². The van der Waals surface area contributed by atoms with Gasteiger partial charge < -0.3 is 26.4 Å². The Labute approximate surface area is 176 Å². The summed E-state index contributed by atoms with van der Waals surface area (Å²) >= 11 is 0. The van der Waals surface area contributed by atoms with Crippen molar-refractivity contribution in [1.82, 2.24) is 24.6 Å². The monoisotopic (exact) mass is 408 g/mol. The minimum absolute atomic E-state index is 0.235. The highest BCUT2D eigenvalue weighted by atomic mass is 16.5. The molecule has 5 N–H and O–H groups in total. The Morgan fingerprint density at radius 2 is 1.87 bits per heavy atom. The molecule has 0 spiro atoms. The number of aromatic nitrogens is 4. The summed E-state index contributed by atoms with van der Waals surface area (Å²) in [6.07, 6.45) is 5.95. The minimum atomic E-state index is 0.235. The van der Waals surface area contributed by atoms with Crippen LogP contribution in [0.3, 0.4) is 0 Å². The molecule has 0 amide bonds. The van der Waals surface area contributed by atoms with Crippen molar-refractivity contribution in [3.05, 3.63) is 36.7 Å². The molecular formula is C21H28N8O. The van der Waals surface area contributed by atoms with Crippen molar-refractivity contribution in [2.45, 2.75) is 25.8 Å². The van der Waals surface area contributed by atoms with Crippen molar-refractivity contribution in [1.29, 1.82) is 0 Å². The van der Waals surface area contributed by atoms with Crippen LogP contribution in [-0.4, -0.2) is 51.4 Å². The Hall–Kier alpha value is -3.33. The Kier molecular flexibility index (Phi) is 5.71. The third-order valence-corrected chi connectivity index (χ3v) is 5.33. The van der Waals surface area contributed by atoms with Crippen LogP contribution in [0.2, 0.25) is 0 Å². The molecule has 1 saturated heterocycles. The third kappa shape index (κ3) is 4.30. The minimum Gasteiger partial charge on any atom is -0.494 e. The second kappa shape index (κ2) is 8.58. The van der Waals surface area contributed by atoms with Gasteiger partial charge in [0, 0.05) is 11.8 Å². The summed E-state index contributed by atoms with van der Waals surface area (Å²) in [5.74, 6) is 1.41. The summed E-state index contributed by atoms with van der Waals surface area (Å²) in [6.45, 7) is 4.72. The summed E-state index contributed by atoms with van der Waals surface area (Å²) in [4.78, 5) is 11.2. The molecular weight excluding hydrogens is 380 g/mol. The maximum Gasteiger partial charge on any atom is 0.229 e. The summed E-state index contributed by atoms with van der Waals surface area (Å²) < 4.78 is 7.52. The number of anilines is 4. The number of hydrogen-bond donors (Lipinski definition) is 3. The van der Waals surface area contributed by atoms with E-state index in [0.717, 1.165) is 42.9 Å². The van der Waals surface area contributed by atoms with Gasteiger partial charge in [0.1, 0.15) is 17.1 Å². The smallest absolute Gasteiger partial charge is 0.229 e. The number of nitrogens with zero attached hydrogens (tertiary/aromatic N) is 5. The average molecular weight is 409 g/mol. The van der Waals surface area contributed by atoms with E-state index in [1.807, 2.05) is 42.1 Å². The Morgan fingerprint density at radius 3 is 2.57 bits per heavy atom. The van der Waals surface area contributed by atoms with Crippen molar-refractivity contribution in [2.75, 3.05) is 43.5 Å². The highest BCUT2D eigenvalue weighted by Gasteiger charge is 2.19. The Bertz CT molecular complexity index is 993. The van der Waals surface area contributed by atoms with Crippen LogP contribution in [0, 0.1) is 0 Å². The SMILES string of the molecule is CCOc1ccc(-c2nc(Nc3cnn(C4CCN(C)CC4)c3)nc(N)c2N)cc1. The lowest BCUT2D eigenvalue weighted by Crippen LogP contribution is -2.31. The van der Waals surface area contributed by atoms with Gasteiger partial charge in [-0.1, -0.05) is 0 Å². The summed E-state index contributed by atoms with van der Waals surface area (Å²) in [5.41, 5.74) is 14.8. The van der Waals surface area contributed by atoms with Gasteiger partial charge in [-0.15, -0.1) is 0 Å². The van der Waals surface area contributed by atoms with Crippen LogP contribution < -0.4 is 21.5 Å². The quantitative estimate of drug-likeness (QED) is 0.569. The average Bonchev–Trinajstić information content (AvgIpc) is 3.20. The van der Waals surface area contributed by atoms with Crippen molar-refractivity contribution in [2.24, 2.45) is 0 Å². The molecule has 1 aliphatic heterocycles. The molecule has 1 aliphatic rings. The molecule has 158 valence electrons. The number of ether oxygens (including phenoxy) is 1.